The van der Waals surface area contributed by atoms with Crippen LogP contribution in [0, 0.1) is 0 Å². The molecule has 0 fully saturated rings. The molecule has 0 N–H and O–H groups in total. The van der Waals surface area contributed by atoms with Crippen LogP contribution in [-0.2, 0) is 14.3 Å². The molecule has 0 bridgehead atoms. The number of alkyl halides is 3. The van der Waals surface area contributed by atoms with Crippen LogP contribution in [0.5, 0.6) is 0 Å². The lowest BCUT2D eigenvalue weighted by atomic mass is 10.6. The summed E-state index contributed by atoms with van der Waals surface area (Å²) in [4.78, 5) is 19.2. The molecule has 0 aliphatic heterocycles. The summed E-state index contributed by atoms with van der Waals surface area (Å²) in [7, 11) is 0. The lowest BCUT2D eigenvalue weighted by Crippen LogP contribution is -2.33. The highest BCUT2D eigenvalue weighted by molar-refractivity contribution is 5.78. The van der Waals surface area contributed by atoms with E-state index in [-0.39, 0.29) is 0 Å². The number of rotatable bonds is 2. The first kappa shape index (κ1) is 9.73. The number of carbonyl (C=O) groups is 2. The maximum atomic E-state index is 11.2. The van der Waals surface area contributed by atoms with Gasteiger partial charge in [-0.1, -0.05) is 0 Å². The van der Waals surface area contributed by atoms with Crippen molar-refractivity contribution >= 4 is 11.9 Å². The Bertz CT molecular complexity index is 173. The van der Waals surface area contributed by atoms with Crippen molar-refractivity contribution in [2.45, 2.75) is 6.18 Å². The largest absolute Gasteiger partial charge is 0.546 e. The zero-order chi connectivity index (χ0) is 9.07. The van der Waals surface area contributed by atoms with Crippen molar-refractivity contribution in [2.75, 3.05) is 6.61 Å². The second-order valence-corrected chi connectivity index (χ2v) is 1.45. The van der Waals surface area contributed by atoms with Crippen molar-refractivity contribution in [3.63, 3.8) is 0 Å². The predicted octanol–water partition coefficient (Wildman–Crippen LogP) is -1.16. The number of halogens is 3. The summed E-state index contributed by atoms with van der Waals surface area (Å²) in [6.07, 6.45) is -5.16. The highest BCUT2D eigenvalue weighted by atomic mass is 19.4. The van der Waals surface area contributed by atoms with Gasteiger partial charge in [0.1, 0.15) is 6.61 Å². The monoisotopic (exact) mass is 171 g/mol. The zero-order valence-corrected chi connectivity index (χ0v) is 4.97. The standard InChI is InChI=1S/C4H3F3O4/c5-4(6,7)3(10)11-1-2(8)9/h1H2,(H,8,9)/p-1. The quantitative estimate of drug-likeness (QED) is 0.491. The van der Waals surface area contributed by atoms with Gasteiger partial charge >= 0.3 is 12.1 Å². The van der Waals surface area contributed by atoms with Gasteiger partial charge in [-0.15, -0.1) is 0 Å². The Hall–Kier alpha value is -1.27. The molecule has 0 saturated carbocycles. The van der Waals surface area contributed by atoms with Crippen LogP contribution in [-0.4, -0.2) is 24.7 Å². The topological polar surface area (TPSA) is 66.4 Å². The van der Waals surface area contributed by atoms with Crippen molar-refractivity contribution in [3.8, 4) is 0 Å². The Labute approximate surface area is 58.6 Å². The maximum absolute atomic E-state index is 11.2. The Morgan fingerprint density at radius 2 is 1.82 bits per heavy atom. The normalized spacial score (nSPS) is 10.8. The molecule has 0 amide bonds. The van der Waals surface area contributed by atoms with Crippen LogP contribution in [0.15, 0.2) is 0 Å². The number of hydrogen-bond donors (Lipinski definition) is 0. The third kappa shape index (κ3) is 4.18. The van der Waals surface area contributed by atoms with Gasteiger partial charge in [0.25, 0.3) is 0 Å². The Morgan fingerprint density at radius 3 is 2.09 bits per heavy atom. The third-order valence-corrected chi connectivity index (χ3v) is 0.553. The number of hydrogen-bond acceptors (Lipinski definition) is 4. The lowest BCUT2D eigenvalue weighted by molar-refractivity contribution is -0.309. The molecule has 0 heterocycles. The Balaban J connectivity index is 3.80. The van der Waals surface area contributed by atoms with Crippen LogP contribution in [0.3, 0.4) is 0 Å². The average Bonchev–Trinajstić information content (AvgIpc) is 1.80. The van der Waals surface area contributed by atoms with Gasteiger partial charge in [0, 0.05) is 0 Å². The number of esters is 1. The second kappa shape index (κ2) is 3.22. The summed E-state index contributed by atoms with van der Waals surface area (Å²) in [6.45, 7) is -1.39. The lowest BCUT2D eigenvalue weighted by Gasteiger charge is -2.06. The van der Waals surface area contributed by atoms with Gasteiger partial charge in [-0.2, -0.15) is 13.2 Å². The third-order valence-electron chi connectivity index (χ3n) is 0.553. The van der Waals surface area contributed by atoms with Crippen LogP contribution in [0.2, 0.25) is 0 Å². The second-order valence-electron chi connectivity index (χ2n) is 1.45. The molecular weight excluding hydrogens is 169 g/mol. The van der Waals surface area contributed by atoms with Crippen molar-refractivity contribution in [2.24, 2.45) is 0 Å². The molecule has 0 aliphatic rings. The number of carboxylic acids is 1. The molecule has 11 heavy (non-hydrogen) atoms. The van der Waals surface area contributed by atoms with Gasteiger partial charge in [-0.05, 0) is 0 Å². The molecule has 0 unspecified atom stereocenters. The number of carboxylic acid groups (broad SMARTS) is 1. The van der Waals surface area contributed by atoms with E-state index in [1.54, 1.807) is 0 Å². The molecule has 0 rings (SSSR count). The number of aliphatic carboxylic acids is 1. The molecule has 0 aliphatic carbocycles. The van der Waals surface area contributed by atoms with E-state index in [2.05, 4.69) is 4.74 Å². The van der Waals surface area contributed by atoms with Gasteiger partial charge in [-0.3, -0.25) is 0 Å². The van der Waals surface area contributed by atoms with E-state index in [1.807, 2.05) is 0 Å². The first-order valence-electron chi connectivity index (χ1n) is 2.28. The number of carbonyl (C=O) groups excluding carboxylic acids is 2. The molecule has 0 aromatic rings. The maximum Gasteiger partial charge on any atom is 0.490 e. The van der Waals surface area contributed by atoms with Crippen LogP contribution >= 0.6 is 0 Å². The summed E-state index contributed by atoms with van der Waals surface area (Å²) < 4.78 is 36.9. The molecule has 0 spiro atoms. The van der Waals surface area contributed by atoms with Crippen molar-refractivity contribution in [3.05, 3.63) is 0 Å². The fourth-order valence-electron chi connectivity index (χ4n) is 0.206. The van der Waals surface area contributed by atoms with Gasteiger partial charge in [0.2, 0.25) is 0 Å². The van der Waals surface area contributed by atoms with E-state index in [4.69, 9.17) is 0 Å². The van der Waals surface area contributed by atoms with Gasteiger partial charge in [0.05, 0.1) is 5.97 Å². The van der Waals surface area contributed by atoms with Crippen LogP contribution < -0.4 is 5.11 Å². The summed E-state index contributed by atoms with van der Waals surface area (Å²) in [5.41, 5.74) is 0. The van der Waals surface area contributed by atoms with E-state index in [1.165, 1.54) is 0 Å². The highest BCUT2D eigenvalue weighted by Crippen LogP contribution is 2.15. The molecule has 0 aromatic heterocycles. The van der Waals surface area contributed by atoms with E-state index < -0.39 is 24.7 Å². The molecule has 0 saturated heterocycles. The van der Waals surface area contributed by atoms with Crippen molar-refractivity contribution < 1.29 is 32.6 Å². The van der Waals surface area contributed by atoms with E-state index in [0.29, 0.717) is 0 Å². The minimum atomic E-state index is -5.16. The van der Waals surface area contributed by atoms with Crippen LogP contribution in [0.1, 0.15) is 0 Å². The molecule has 0 aromatic carbocycles. The smallest absolute Gasteiger partial charge is 0.490 e. The molecule has 0 radical (unpaired) electrons. The molecule has 7 heteroatoms. The van der Waals surface area contributed by atoms with Gasteiger partial charge < -0.3 is 14.6 Å². The zero-order valence-electron chi connectivity index (χ0n) is 4.97. The molecule has 0 atom stereocenters. The molecular formula is C4H2F3O4-. The minimum absolute atomic E-state index is 1.39. The fourth-order valence-corrected chi connectivity index (χ4v) is 0.206. The summed E-state index contributed by atoms with van der Waals surface area (Å²) >= 11 is 0. The minimum Gasteiger partial charge on any atom is -0.546 e. The van der Waals surface area contributed by atoms with E-state index in [9.17, 15) is 27.9 Å². The average molecular weight is 171 g/mol. The fraction of sp³-hybridized carbons (Fsp3) is 0.500. The number of ether oxygens (including phenoxy) is 1. The molecule has 64 valence electrons. The van der Waals surface area contributed by atoms with Gasteiger partial charge in [-0.25, -0.2) is 4.79 Å². The Morgan fingerprint density at radius 1 is 1.36 bits per heavy atom. The van der Waals surface area contributed by atoms with Gasteiger partial charge in [0.15, 0.2) is 0 Å². The Kier molecular flexibility index (Phi) is 2.85. The molecule has 4 nitrogen and oxygen atoms in total. The SMILES string of the molecule is O=C([O-])COC(=O)C(F)(F)F. The summed E-state index contributed by atoms with van der Waals surface area (Å²) in [5.74, 6) is -4.43. The highest BCUT2D eigenvalue weighted by Gasteiger charge is 2.40. The van der Waals surface area contributed by atoms with Crippen LogP contribution in [0.25, 0.3) is 0 Å². The van der Waals surface area contributed by atoms with Crippen LogP contribution in [0.4, 0.5) is 13.2 Å². The summed E-state index contributed by atoms with van der Waals surface area (Å²) in [6, 6.07) is 0. The van der Waals surface area contributed by atoms with Crippen molar-refractivity contribution in [1.82, 2.24) is 0 Å². The van der Waals surface area contributed by atoms with E-state index in [0.717, 1.165) is 0 Å². The summed E-state index contributed by atoms with van der Waals surface area (Å²) in [5, 5.41) is 9.48. The van der Waals surface area contributed by atoms with E-state index >= 15 is 0 Å². The van der Waals surface area contributed by atoms with Crippen molar-refractivity contribution in [1.29, 1.82) is 0 Å². The first-order chi connectivity index (χ1) is 4.84. The predicted molar refractivity (Wildman–Crippen MR) is 22.0 cm³/mol. The first-order valence-corrected chi connectivity index (χ1v) is 2.28.